The van der Waals surface area contributed by atoms with Gasteiger partial charge in [-0.3, -0.25) is 4.79 Å². The molecule has 4 nitrogen and oxygen atoms in total. The molecule has 1 aromatic carbocycles. The SMILES string of the molecule is CCOCCCN1CCc2c(C)cc(C)c(NC(=O)C(C)(C)C)c21. The molecule has 0 spiro atoms. The highest BCUT2D eigenvalue weighted by Crippen LogP contribution is 2.40. The Bertz CT molecular complexity index is 603. The number of hydrogen-bond acceptors (Lipinski definition) is 3. The van der Waals surface area contributed by atoms with Crippen LogP contribution in [-0.4, -0.2) is 32.2 Å². The summed E-state index contributed by atoms with van der Waals surface area (Å²) >= 11 is 0. The molecule has 1 N–H and O–H groups in total. The molecule has 0 saturated carbocycles. The lowest BCUT2D eigenvalue weighted by molar-refractivity contribution is -0.123. The molecule has 0 radical (unpaired) electrons. The number of amides is 1. The van der Waals surface area contributed by atoms with Crippen molar-refractivity contribution >= 4 is 17.3 Å². The Morgan fingerprint density at radius 1 is 1.29 bits per heavy atom. The molecule has 0 saturated heterocycles. The lowest BCUT2D eigenvalue weighted by Crippen LogP contribution is -2.30. The molecular formula is C20H32N2O2. The maximum absolute atomic E-state index is 12.5. The van der Waals surface area contributed by atoms with Gasteiger partial charge in [-0.05, 0) is 50.3 Å². The van der Waals surface area contributed by atoms with Gasteiger partial charge in [-0.25, -0.2) is 0 Å². The number of nitrogens with zero attached hydrogens (tertiary/aromatic N) is 1. The molecule has 24 heavy (non-hydrogen) atoms. The highest BCUT2D eigenvalue weighted by Gasteiger charge is 2.28. The van der Waals surface area contributed by atoms with Gasteiger partial charge in [-0.1, -0.05) is 26.8 Å². The van der Waals surface area contributed by atoms with E-state index in [1.54, 1.807) is 0 Å². The van der Waals surface area contributed by atoms with Crippen LogP contribution in [0.4, 0.5) is 11.4 Å². The first-order valence-electron chi connectivity index (χ1n) is 9.03. The number of anilines is 2. The van der Waals surface area contributed by atoms with E-state index in [1.807, 2.05) is 27.7 Å². The zero-order valence-electron chi connectivity index (χ0n) is 16.1. The third-order valence-electron chi connectivity index (χ3n) is 4.61. The summed E-state index contributed by atoms with van der Waals surface area (Å²) in [4.78, 5) is 14.9. The molecule has 1 aliphatic rings. The molecule has 134 valence electrons. The van der Waals surface area contributed by atoms with E-state index in [0.29, 0.717) is 0 Å². The van der Waals surface area contributed by atoms with Crippen LogP contribution < -0.4 is 10.2 Å². The number of aryl methyl sites for hydroxylation is 2. The van der Waals surface area contributed by atoms with Gasteiger partial charge in [0.2, 0.25) is 5.91 Å². The standard InChI is InChI=1S/C20H32N2O2/c1-7-24-12-8-10-22-11-9-16-14(2)13-15(3)17(18(16)22)21-19(23)20(4,5)6/h13H,7-12H2,1-6H3,(H,21,23). The van der Waals surface area contributed by atoms with E-state index < -0.39 is 5.41 Å². The molecule has 0 bridgehead atoms. The number of carbonyl (C=O) groups excluding carboxylic acids is 1. The quantitative estimate of drug-likeness (QED) is 0.798. The fourth-order valence-corrected chi connectivity index (χ4v) is 3.22. The van der Waals surface area contributed by atoms with Crippen molar-refractivity contribution < 1.29 is 9.53 Å². The Morgan fingerprint density at radius 3 is 2.62 bits per heavy atom. The van der Waals surface area contributed by atoms with Crippen molar-refractivity contribution in [2.75, 3.05) is 36.5 Å². The second-order valence-corrected chi connectivity index (χ2v) is 7.70. The molecule has 0 aliphatic carbocycles. The summed E-state index contributed by atoms with van der Waals surface area (Å²) in [7, 11) is 0. The first-order chi connectivity index (χ1) is 11.3. The first kappa shape index (κ1) is 18.8. The van der Waals surface area contributed by atoms with E-state index in [2.05, 4.69) is 30.1 Å². The summed E-state index contributed by atoms with van der Waals surface area (Å²) in [5.41, 5.74) is 5.65. The molecule has 0 unspecified atom stereocenters. The Hall–Kier alpha value is -1.55. The minimum absolute atomic E-state index is 0.0674. The molecule has 0 atom stereocenters. The maximum Gasteiger partial charge on any atom is 0.229 e. The third kappa shape index (κ3) is 4.10. The lowest BCUT2D eigenvalue weighted by atomic mass is 9.94. The Labute approximate surface area is 146 Å². The highest BCUT2D eigenvalue weighted by atomic mass is 16.5. The van der Waals surface area contributed by atoms with Crippen LogP contribution in [-0.2, 0) is 16.0 Å². The molecule has 0 fully saturated rings. The van der Waals surface area contributed by atoms with Gasteiger partial charge < -0.3 is 15.0 Å². The summed E-state index contributed by atoms with van der Waals surface area (Å²) in [5, 5.41) is 3.20. The Morgan fingerprint density at radius 2 is 2.00 bits per heavy atom. The summed E-state index contributed by atoms with van der Waals surface area (Å²) in [6, 6.07) is 2.20. The molecule has 1 aliphatic heterocycles. The van der Waals surface area contributed by atoms with Crippen molar-refractivity contribution in [3.05, 3.63) is 22.8 Å². The topological polar surface area (TPSA) is 41.6 Å². The van der Waals surface area contributed by atoms with Gasteiger partial charge >= 0.3 is 0 Å². The van der Waals surface area contributed by atoms with E-state index in [9.17, 15) is 4.79 Å². The molecule has 1 amide bonds. The summed E-state index contributed by atoms with van der Waals surface area (Å²) in [6.07, 6.45) is 2.06. The first-order valence-corrected chi connectivity index (χ1v) is 9.03. The maximum atomic E-state index is 12.5. The number of ether oxygens (including phenoxy) is 1. The van der Waals surface area contributed by atoms with Gasteiger partial charge in [-0.2, -0.15) is 0 Å². The zero-order valence-corrected chi connectivity index (χ0v) is 16.1. The molecule has 4 heteroatoms. The Balaban J connectivity index is 2.28. The smallest absolute Gasteiger partial charge is 0.229 e. The average Bonchev–Trinajstić information content (AvgIpc) is 2.91. The molecule has 1 heterocycles. The minimum Gasteiger partial charge on any atom is -0.382 e. The second kappa shape index (κ2) is 7.56. The monoisotopic (exact) mass is 332 g/mol. The van der Waals surface area contributed by atoms with Crippen LogP contribution in [0.3, 0.4) is 0 Å². The molecule has 2 rings (SSSR count). The van der Waals surface area contributed by atoms with E-state index in [0.717, 1.165) is 50.4 Å². The second-order valence-electron chi connectivity index (χ2n) is 7.70. The van der Waals surface area contributed by atoms with Crippen molar-refractivity contribution in [2.45, 2.75) is 54.4 Å². The van der Waals surface area contributed by atoms with E-state index in [-0.39, 0.29) is 5.91 Å². The zero-order chi connectivity index (χ0) is 17.9. The van der Waals surface area contributed by atoms with Crippen molar-refractivity contribution in [3.8, 4) is 0 Å². The van der Waals surface area contributed by atoms with Crippen LogP contribution in [0.5, 0.6) is 0 Å². The average molecular weight is 332 g/mol. The summed E-state index contributed by atoms with van der Waals surface area (Å²) in [6.45, 7) is 15.7. The number of nitrogens with one attached hydrogen (secondary N) is 1. The molecule has 0 aromatic heterocycles. The van der Waals surface area contributed by atoms with Crippen molar-refractivity contribution in [3.63, 3.8) is 0 Å². The number of rotatable bonds is 6. The van der Waals surface area contributed by atoms with Gasteiger partial charge in [0.25, 0.3) is 0 Å². The number of hydrogen-bond donors (Lipinski definition) is 1. The summed E-state index contributed by atoms with van der Waals surface area (Å²) in [5.74, 6) is 0.0674. The fraction of sp³-hybridized carbons (Fsp3) is 0.650. The van der Waals surface area contributed by atoms with Crippen LogP contribution in [0.25, 0.3) is 0 Å². The summed E-state index contributed by atoms with van der Waals surface area (Å²) < 4.78 is 5.47. The van der Waals surface area contributed by atoms with Crippen LogP contribution >= 0.6 is 0 Å². The van der Waals surface area contributed by atoms with Gasteiger partial charge in [0.1, 0.15) is 0 Å². The highest BCUT2D eigenvalue weighted by molar-refractivity contribution is 5.99. The van der Waals surface area contributed by atoms with Crippen molar-refractivity contribution in [2.24, 2.45) is 5.41 Å². The largest absolute Gasteiger partial charge is 0.382 e. The van der Waals surface area contributed by atoms with Crippen molar-refractivity contribution in [1.29, 1.82) is 0 Å². The normalized spacial score (nSPS) is 14.0. The van der Waals surface area contributed by atoms with E-state index in [1.165, 1.54) is 16.8 Å². The Kier molecular flexibility index (Phi) is 5.92. The number of fused-ring (bicyclic) bond motifs is 1. The number of carbonyl (C=O) groups is 1. The van der Waals surface area contributed by atoms with Gasteiger partial charge in [0.05, 0.1) is 11.4 Å². The van der Waals surface area contributed by atoms with Crippen molar-refractivity contribution in [1.82, 2.24) is 0 Å². The van der Waals surface area contributed by atoms with E-state index >= 15 is 0 Å². The van der Waals surface area contributed by atoms with Crippen LogP contribution in [0, 0.1) is 19.3 Å². The number of benzene rings is 1. The predicted octanol–water partition coefficient (Wildman–Crippen LogP) is 4.08. The van der Waals surface area contributed by atoms with Crippen LogP contribution in [0.15, 0.2) is 6.07 Å². The predicted molar refractivity (Wildman–Crippen MR) is 101 cm³/mol. The molecular weight excluding hydrogens is 300 g/mol. The van der Waals surface area contributed by atoms with E-state index in [4.69, 9.17) is 4.74 Å². The van der Waals surface area contributed by atoms with Gasteiger partial charge in [-0.15, -0.1) is 0 Å². The third-order valence-corrected chi connectivity index (χ3v) is 4.61. The van der Waals surface area contributed by atoms with Gasteiger partial charge in [0, 0.05) is 31.7 Å². The van der Waals surface area contributed by atoms with Crippen LogP contribution in [0.2, 0.25) is 0 Å². The minimum atomic E-state index is -0.400. The fourth-order valence-electron chi connectivity index (χ4n) is 3.22. The lowest BCUT2D eigenvalue weighted by Gasteiger charge is -2.26. The van der Waals surface area contributed by atoms with Gasteiger partial charge in [0.15, 0.2) is 0 Å². The molecule has 1 aromatic rings. The van der Waals surface area contributed by atoms with Crippen LogP contribution in [0.1, 0.15) is 50.8 Å².